The van der Waals surface area contributed by atoms with Gasteiger partial charge in [0.25, 0.3) is 6.47 Å². The number of fused-ring (bicyclic) bond motifs is 3. The topological polar surface area (TPSA) is 44.8 Å². The van der Waals surface area contributed by atoms with Gasteiger partial charge in [0, 0.05) is 12.5 Å². The van der Waals surface area contributed by atoms with Crippen molar-refractivity contribution in [2.24, 2.45) is 5.92 Å². The van der Waals surface area contributed by atoms with Crippen LogP contribution in [0.3, 0.4) is 0 Å². The average Bonchev–Trinajstić information content (AvgIpc) is 3.06. The lowest BCUT2D eigenvalue weighted by Gasteiger charge is -2.35. The van der Waals surface area contributed by atoms with E-state index < -0.39 is 0 Å². The number of carbonyl (C=O) groups excluding carboxylic acids is 1. The van der Waals surface area contributed by atoms with Crippen LogP contribution >= 0.6 is 0 Å². The molecule has 0 saturated heterocycles. The Hall–Kier alpha value is -3.11. The molecule has 0 bridgehead atoms. The zero-order valence-corrected chi connectivity index (χ0v) is 18.3. The molecule has 0 atom stereocenters. The molecule has 0 unspecified atom stereocenters. The average molecular weight is 417 g/mol. The molecule has 0 saturated carbocycles. The van der Waals surface area contributed by atoms with Crippen molar-refractivity contribution in [2.75, 3.05) is 20.3 Å². The Morgan fingerprint density at radius 2 is 1.52 bits per heavy atom. The van der Waals surface area contributed by atoms with Crippen molar-refractivity contribution in [3.8, 4) is 22.6 Å². The normalized spacial score (nSPS) is 13.5. The van der Waals surface area contributed by atoms with Gasteiger partial charge in [-0.05, 0) is 52.3 Å². The van der Waals surface area contributed by atoms with E-state index in [9.17, 15) is 4.79 Å². The van der Waals surface area contributed by atoms with Crippen LogP contribution in [0.2, 0.25) is 0 Å². The van der Waals surface area contributed by atoms with E-state index in [1.54, 1.807) is 7.11 Å². The number of methoxy groups -OCH3 is 1. The molecule has 3 aromatic carbocycles. The summed E-state index contributed by atoms with van der Waals surface area (Å²) in [6, 6.07) is 23.2. The Morgan fingerprint density at radius 1 is 0.871 bits per heavy atom. The van der Waals surface area contributed by atoms with Crippen molar-refractivity contribution >= 4 is 6.47 Å². The lowest BCUT2D eigenvalue weighted by Crippen LogP contribution is -2.29. The van der Waals surface area contributed by atoms with Gasteiger partial charge in [-0.2, -0.15) is 0 Å². The summed E-state index contributed by atoms with van der Waals surface area (Å²) in [4.78, 5) is 11.2. The molecule has 4 nitrogen and oxygen atoms in total. The highest BCUT2D eigenvalue weighted by molar-refractivity contribution is 5.83. The first-order valence-corrected chi connectivity index (χ1v) is 10.7. The van der Waals surface area contributed by atoms with Crippen LogP contribution in [-0.4, -0.2) is 26.8 Å². The fourth-order valence-corrected chi connectivity index (χ4v) is 4.86. The minimum absolute atomic E-state index is 0.326. The zero-order valence-electron chi connectivity index (χ0n) is 18.3. The summed E-state index contributed by atoms with van der Waals surface area (Å²) in [5.41, 5.74) is 5.86. The van der Waals surface area contributed by atoms with Gasteiger partial charge in [-0.25, -0.2) is 0 Å². The summed E-state index contributed by atoms with van der Waals surface area (Å²) in [5.74, 6) is 1.41. The van der Waals surface area contributed by atoms with Crippen molar-refractivity contribution < 1.29 is 19.0 Å². The number of ether oxygens (including phenoxy) is 3. The van der Waals surface area contributed by atoms with Gasteiger partial charge < -0.3 is 14.2 Å². The highest BCUT2D eigenvalue weighted by Crippen LogP contribution is 2.56. The monoisotopic (exact) mass is 416 g/mol. The van der Waals surface area contributed by atoms with E-state index in [0.717, 1.165) is 12.0 Å². The Kier molecular flexibility index (Phi) is 6.10. The van der Waals surface area contributed by atoms with Crippen LogP contribution in [0.15, 0.2) is 66.7 Å². The SMILES string of the molecule is COCCOc1ccc(C2(CC(C)C)c3ccccc3-c3ccccc32)cc1OC=O. The molecular formula is C27H28O4. The van der Waals surface area contributed by atoms with Crippen LogP contribution in [0.4, 0.5) is 0 Å². The van der Waals surface area contributed by atoms with E-state index >= 15 is 0 Å². The second-order valence-electron chi connectivity index (χ2n) is 8.31. The molecule has 0 aromatic heterocycles. The van der Waals surface area contributed by atoms with E-state index in [4.69, 9.17) is 14.2 Å². The number of benzene rings is 3. The predicted octanol–water partition coefficient (Wildman–Crippen LogP) is 5.61. The van der Waals surface area contributed by atoms with Gasteiger partial charge in [0.2, 0.25) is 0 Å². The molecule has 0 spiro atoms. The van der Waals surface area contributed by atoms with Crippen LogP contribution in [0.25, 0.3) is 11.1 Å². The van der Waals surface area contributed by atoms with Crippen molar-refractivity contribution in [2.45, 2.75) is 25.7 Å². The molecule has 0 amide bonds. The van der Waals surface area contributed by atoms with Crippen LogP contribution in [0.1, 0.15) is 37.0 Å². The van der Waals surface area contributed by atoms with Gasteiger partial charge in [0.15, 0.2) is 11.5 Å². The standard InChI is InChI=1S/C27H28O4/c1-19(2)17-27(20-12-13-25(30-15-14-29-3)26(16-20)31-18-28)23-10-6-4-8-21(23)22-9-5-7-11-24(22)27/h4-13,16,18-19H,14-15,17H2,1-3H3. The van der Waals surface area contributed by atoms with Gasteiger partial charge >= 0.3 is 0 Å². The van der Waals surface area contributed by atoms with Gasteiger partial charge in [0.05, 0.1) is 6.61 Å². The highest BCUT2D eigenvalue weighted by atomic mass is 16.6. The molecule has 160 valence electrons. The molecule has 0 fully saturated rings. The van der Waals surface area contributed by atoms with Gasteiger partial charge in [-0.15, -0.1) is 0 Å². The molecule has 1 aliphatic carbocycles. The van der Waals surface area contributed by atoms with E-state index in [2.05, 4.69) is 68.4 Å². The second kappa shape index (κ2) is 8.94. The van der Waals surface area contributed by atoms with Crippen LogP contribution < -0.4 is 9.47 Å². The van der Waals surface area contributed by atoms with Crippen molar-refractivity contribution in [1.29, 1.82) is 0 Å². The first-order chi connectivity index (χ1) is 15.1. The summed E-state index contributed by atoms with van der Waals surface area (Å²) >= 11 is 0. The fourth-order valence-electron chi connectivity index (χ4n) is 4.86. The summed E-state index contributed by atoms with van der Waals surface area (Å²) in [7, 11) is 1.62. The summed E-state index contributed by atoms with van der Waals surface area (Å²) in [6.45, 7) is 5.79. The number of carbonyl (C=O) groups is 1. The largest absolute Gasteiger partial charge is 0.487 e. The zero-order chi connectivity index (χ0) is 21.8. The Balaban J connectivity index is 1.92. The maximum Gasteiger partial charge on any atom is 0.298 e. The minimum Gasteiger partial charge on any atom is -0.487 e. The summed E-state index contributed by atoms with van der Waals surface area (Å²) < 4.78 is 16.2. The Morgan fingerprint density at radius 3 is 2.10 bits per heavy atom. The molecule has 0 heterocycles. The molecule has 0 radical (unpaired) electrons. The van der Waals surface area contributed by atoms with Gasteiger partial charge in [-0.1, -0.05) is 68.4 Å². The van der Waals surface area contributed by atoms with E-state index in [1.165, 1.54) is 22.3 Å². The van der Waals surface area contributed by atoms with Crippen LogP contribution in [0.5, 0.6) is 11.5 Å². The third-order valence-electron chi connectivity index (χ3n) is 5.93. The minimum atomic E-state index is -0.326. The Bertz CT molecular complexity index is 1020. The predicted molar refractivity (Wildman–Crippen MR) is 122 cm³/mol. The van der Waals surface area contributed by atoms with Gasteiger partial charge in [0.1, 0.15) is 6.61 Å². The second-order valence-corrected chi connectivity index (χ2v) is 8.31. The third-order valence-corrected chi connectivity index (χ3v) is 5.93. The number of rotatable bonds is 9. The summed E-state index contributed by atoms with van der Waals surface area (Å²) in [5, 5.41) is 0. The molecule has 1 aliphatic rings. The fraction of sp³-hybridized carbons (Fsp3) is 0.296. The van der Waals surface area contributed by atoms with Crippen molar-refractivity contribution in [3.05, 3.63) is 83.4 Å². The maximum atomic E-state index is 11.2. The molecule has 31 heavy (non-hydrogen) atoms. The smallest absolute Gasteiger partial charge is 0.298 e. The lowest BCUT2D eigenvalue weighted by molar-refractivity contribution is -0.120. The summed E-state index contributed by atoms with van der Waals surface area (Å²) in [6.07, 6.45) is 0.936. The van der Waals surface area contributed by atoms with Crippen LogP contribution in [-0.2, 0) is 14.9 Å². The first kappa shape index (κ1) is 21.1. The molecule has 4 rings (SSSR count). The molecule has 0 aliphatic heterocycles. The first-order valence-electron chi connectivity index (χ1n) is 10.7. The molecule has 0 N–H and O–H groups in total. The highest BCUT2D eigenvalue weighted by Gasteiger charge is 2.44. The number of hydrogen-bond donors (Lipinski definition) is 0. The van der Waals surface area contributed by atoms with Crippen LogP contribution in [0, 0.1) is 5.92 Å². The molecular weight excluding hydrogens is 388 g/mol. The molecule has 3 aromatic rings. The van der Waals surface area contributed by atoms with E-state index in [-0.39, 0.29) is 5.41 Å². The number of hydrogen-bond acceptors (Lipinski definition) is 4. The third kappa shape index (κ3) is 3.72. The van der Waals surface area contributed by atoms with E-state index in [0.29, 0.717) is 37.1 Å². The van der Waals surface area contributed by atoms with Crippen molar-refractivity contribution in [1.82, 2.24) is 0 Å². The van der Waals surface area contributed by atoms with Gasteiger partial charge in [-0.3, -0.25) is 4.79 Å². The Labute approximate surface area is 183 Å². The molecule has 4 heteroatoms. The maximum absolute atomic E-state index is 11.2. The van der Waals surface area contributed by atoms with E-state index in [1.807, 2.05) is 12.1 Å². The van der Waals surface area contributed by atoms with Crippen molar-refractivity contribution in [3.63, 3.8) is 0 Å². The quantitative estimate of drug-likeness (QED) is 0.336. The lowest BCUT2D eigenvalue weighted by atomic mass is 9.68.